The van der Waals surface area contributed by atoms with Crippen LogP contribution in [0.5, 0.6) is 0 Å². The van der Waals surface area contributed by atoms with E-state index < -0.39 is 0 Å². The molecule has 1 aromatic carbocycles. The molecule has 2 N–H and O–H groups in total. The van der Waals surface area contributed by atoms with E-state index in [-0.39, 0.29) is 0 Å². The molecule has 1 aromatic heterocycles. The number of hydrogen-bond donors (Lipinski definition) is 2. The summed E-state index contributed by atoms with van der Waals surface area (Å²) in [6, 6.07) is 9.27. The first-order valence-electron chi connectivity index (χ1n) is 11.5. The Kier molecular flexibility index (Phi) is 6.57. The molecule has 6 heteroatoms. The number of piperazine rings is 1. The molecule has 2 atom stereocenters. The summed E-state index contributed by atoms with van der Waals surface area (Å²) in [5.41, 5.74) is 4.99. The second-order valence-electron chi connectivity index (χ2n) is 8.63. The standard InChI is InChI=1S/C26H32N6/c1-5-8-22(32-16-21-11-23(32)15-28-21)12-25-24(6-2)18(4)30-31-26(25)29-14-20-10-7-9-19(13-27)17(20)3/h6-10,12,21,23,28H,5,11,14-16H2,1-4H3,(H,29,31)/b22-8-,24-6-,25-12+/t21-,23?/m0/s1. The minimum atomic E-state index is 0.562. The number of aryl methyl sites for hydroxylation is 1. The van der Waals surface area contributed by atoms with Crippen LogP contribution in [0, 0.1) is 25.2 Å². The number of rotatable bonds is 6. The first-order chi connectivity index (χ1) is 15.5. The van der Waals surface area contributed by atoms with Crippen LogP contribution in [0.2, 0.25) is 0 Å². The van der Waals surface area contributed by atoms with E-state index in [0.29, 0.717) is 24.2 Å². The summed E-state index contributed by atoms with van der Waals surface area (Å²) in [5.74, 6) is 0.773. The Balaban J connectivity index is 1.74. The van der Waals surface area contributed by atoms with Crippen molar-refractivity contribution >= 4 is 18.0 Å². The van der Waals surface area contributed by atoms with Gasteiger partial charge in [-0.25, -0.2) is 0 Å². The summed E-state index contributed by atoms with van der Waals surface area (Å²) in [5, 5.41) is 27.6. The molecule has 2 aliphatic rings. The number of allylic oxidation sites excluding steroid dienone is 2. The Morgan fingerprint density at radius 3 is 2.81 bits per heavy atom. The van der Waals surface area contributed by atoms with Gasteiger partial charge in [-0.15, -0.1) is 5.10 Å². The Morgan fingerprint density at radius 1 is 1.31 bits per heavy atom. The van der Waals surface area contributed by atoms with Gasteiger partial charge in [0.1, 0.15) is 0 Å². The van der Waals surface area contributed by atoms with Crippen LogP contribution in [0.1, 0.15) is 49.1 Å². The lowest BCUT2D eigenvalue weighted by Crippen LogP contribution is -2.43. The maximum atomic E-state index is 9.35. The van der Waals surface area contributed by atoms with Crippen molar-refractivity contribution in [2.75, 3.05) is 18.4 Å². The van der Waals surface area contributed by atoms with Gasteiger partial charge in [0.2, 0.25) is 0 Å². The second kappa shape index (κ2) is 9.54. The van der Waals surface area contributed by atoms with Gasteiger partial charge in [-0.2, -0.15) is 10.4 Å². The summed E-state index contributed by atoms with van der Waals surface area (Å²) in [6.07, 6.45) is 8.92. The number of aromatic nitrogens is 2. The van der Waals surface area contributed by atoms with Crippen molar-refractivity contribution in [3.8, 4) is 6.07 Å². The topological polar surface area (TPSA) is 76.9 Å². The van der Waals surface area contributed by atoms with E-state index in [1.54, 1.807) is 0 Å². The quantitative estimate of drug-likeness (QED) is 0.736. The van der Waals surface area contributed by atoms with Crippen LogP contribution >= 0.6 is 0 Å². The molecule has 1 unspecified atom stereocenters. The van der Waals surface area contributed by atoms with Gasteiger partial charge in [0, 0.05) is 47.9 Å². The number of hydrogen-bond acceptors (Lipinski definition) is 6. The Labute approximate surface area is 190 Å². The van der Waals surface area contributed by atoms with Crippen LogP contribution in [0.3, 0.4) is 0 Å². The molecule has 4 rings (SSSR count). The minimum absolute atomic E-state index is 0.562. The molecule has 2 bridgehead atoms. The molecule has 0 spiro atoms. The van der Waals surface area contributed by atoms with Gasteiger partial charge in [0.15, 0.2) is 5.82 Å². The zero-order valence-electron chi connectivity index (χ0n) is 19.4. The lowest BCUT2D eigenvalue weighted by atomic mass is 10.0. The SMILES string of the molecule is C/C=c1/c(C)nnc(NCc2cccc(C#N)c2C)/c1=C/C(=C/CC)N1C[C@@H]2CC1CN2. The van der Waals surface area contributed by atoms with Crippen molar-refractivity contribution in [3.63, 3.8) is 0 Å². The lowest BCUT2D eigenvalue weighted by Gasteiger charge is -2.30. The molecule has 32 heavy (non-hydrogen) atoms. The lowest BCUT2D eigenvalue weighted by molar-refractivity contribution is 0.296. The number of fused-ring (bicyclic) bond motifs is 2. The normalized spacial score (nSPS) is 21.3. The van der Waals surface area contributed by atoms with Gasteiger partial charge in [0.25, 0.3) is 0 Å². The van der Waals surface area contributed by atoms with E-state index in [2.05, 4.69) is 69.9 Å². The van der Waals surface area contributed by atoms with Crippen LogP contribution in [0.15, 0.2) is 30.0 Å². The van der Waals surface area contributed by atoms with E-state index >= 15 is 0 Å². The van der Waals surface area contributed by atoms with Crippen LogP contribution in [0.4, 0.5) is 5.82 Å². The zero-order valence-corrected chi connectivity index (χ0v) is 19.4. The van der Waals surface area contributed by atoms with Crippen molar-refractivity contribution in [2.24, 2.45) is 0 Å². The minimum Gasteiger partial charge on any atom is -0.366 e. The average molecular weight is 429 g/mol. The van der Waals surface area contributed by atoms with E-state index in [4.69, 9.17) is 0 Å². The highest BCUT2D eigenvalue weighted by molar-refractivity contribution is 5.55. The smallest absolute Gasteiger partial charge is 0.156 e. The van der Waals surface area contributed by atoms with Crippen LogP contribution in [-0.4, -0.2) is 40.3 Å². The molecule has 3 heterocycles. The molecule has 2 aliphatic heterocycles. The van der Waals surface area contributed by atoms with Gasteiger partial charge in [-0.1, -0.05) is 31.2 Å². The monoisotopic (exact) mass is 428 g/mol. The van der Waals surface area contributed by atoms with Crippen molar-refractivity contribution in [2.45, 2.75) is 59.2 Å². The number of anilines is 1. The molecule has 2 aromatic rings. The highest BCUT2D eigenvalue weighted by Gasteiger charge is 2.37. The second-order valence-corrected chi connectivity index (χ2v) is 8.63. The van der Waals surface area contributed by atoms with Gasteiger partial charge in [-0.3, -0.25) is 0 Å². The molecule has 6 nitrogen and oxygen atoms in total. The third-order valence-corrected chi connectivity index (χ3v) is 6.63. The van der Waals surface area contributed by atoms with Crippen LogP contribution < -0.4 is 21.1 Å². The Morgan fingerprint density at radius 2 is 2.16 bits per heavy atom. The van der Waals surface area contributed by atoms with Crippen molar-refractivity contribution < 1.29 is 0 Å². The van der Waals surface area contributed by atoms with Crippen molar-refractivity contribution in [3.05, 3.63) is 62.8 Å². The molecule has 2 fully saturated rings. The van der Waals surface area contributed by atoms with E-state index in [9.17, 15) is 5.26 Å². The van der Waals surface area contributed by atoms with Crippen molar-refractivity contribution in [1.29, 1.82) is 5.26 Å². The molecular formula is C26H32N6. The predicted octanol–water partition coefficient (Wildman–Crippen LogP) is 2.50. The number of nitrogens with one attached hydrogen (secondary N) is 2. The fourth-order valence-corrected chi connectivity index (χ4v) is 4.86. The summed E-state index contributed by atoms with van der Waals surface area (Å²) >= 11 is 0. The maximum Gasteiger partial charge on any atom is 0.156 e. The van der Waals surface area contributed by atoms with Gasteiger partial charge >= 0.3 is 0 Å². The molecule has 2 saturated heterocycles. The molecular weight excluding hydrogens is 396 g/mol. The number of nitriles is 1. The van der Waals surface area contributed by atoms with E-state index in [1.807, 2.05) is 26.0 Å². The summed E-state index contributed by atoms with van der Waals surface area (Å²) in [7, 11) is 0. The molecule has 0 saturated carbocycles. The molecule has 0 radical (unpaired) electrons. The summed E-state index contributed by atoms with van der Waals surface area (Å²) in [6.45, 7) is 10.9. The largest absolute Gasteiger partial charge is 0.366 e. The average Bonchev–Trinajstić information content (AvgIpc) is 3.43. The van der Waals surface area contributed by atoms with Gasteiger partial charge < -0.3 is 15.5 Å². The summed E-state index contributed by atoms with van der Waals surface area (Å²) < 4.78 is 0. The maximum absolute atomic E-state index is 9.35. The van der Waals surface area contributed by atoms with E-state index in [0.717, 1.165) is 52.6 Å². The van der Waals surface area contributed by atoms with Gasteiger partial charge in [-0.05, 0) is 56.9 Å². The van der Waals surface area contributed by atoms with Crippen LogP contribution in [0.25, 0.3) is 12.2 Å². The van der Waals surface area contributed by atoms with Gasteiger partial charge in [0.05, 0.1) is 17.3 Å². The number of benzene rings is 1. The fourth-order valence-electron chi connectivity index (χ4n) is 4.86. The number of nitrogens with zero attached hydrogens (tertiary/aromatic N) is 4. The fraction of sp³-hybridized carbons (Fsp3) is 0.423. The molecule has 0 amide bonds. The molecule has 0 aliphatic carbocycles. The predicted molar refractivity (Wildman–Crippen MR) is 129 cm³/mol. The highest BCUT2D eigenvalue weighted by atomic mass is 15.3. The number of likely N-dealkylation sites (tertiary alicyclic amines) is 1. The van der Waals surface area contributed by atoms with E-state index in [1.165, 1.54) is 12.1 Å². The summed E-state index contributed by atoms with van der Waals surface area (Å²) in [4.78, 5) is 2.55. The van der Waals surface area contributed by atoms with Crippen molar-refractivity contribution in [1.82, 2.24) is 20.4 Å². The zero-order chi connectivity index (χ0) is 22.7. The Hall–Kier alpha value is -3.17. The first-order valence-corrected chi connectivity index (χ1v) is 11.5. The third-order valence-electron chi connectivity index (χ3n) is 6.63. The first kappa shape index (κ1) is 22.0. The third kappa shape index (κ3) is 4.26. The molecule has 166 valence electrons. The Bertz CT molecular complexity index is 1190. The van der Waals surface area contributed by atoms with Crippen LogP contribution in [-0.2, 0) is 6.54 Å². The highest BCUT2D eigenvalue weighted by Crippen LogP contribution is 2.28.